The summed E-state index contributed by atoms with van der Waals surface area (Å²) in [5, 5.41) is 13.7. The average Bonchev–Trinajstić information content (AvgIpc) is 3.22. The van der Waals surface area contributed by atoms with Gasteiger partial charge in [0.15, 0.2) is 0 Å². The quantitative estimate of drug-likeness (QED) is 0.395. The molecule has 0 radical (unpaired) electrons. The molecule has 1 spiro atoms. The van der Waals surface area contributed by atoms with Crippen molar-refractivity contribution in [3.05, 3.63) is 108 Å². The van der Waals surface area contributed by atoms with Gasteiger partial charge in [0.2, 0.25) is 5.91 Å². The van der Waals surface area contributed by atoms with Crippen LogP contribution in [0, 0.1) is 0 Å². The van der Waals surface area contributed by atoms with Crippen LogP contribution in [0.2, 0.25) is 0 Å². The first-order valence-electron chi connectivity index (χ1n) is 12.3. The van der Waals surface area contributed by atoms with Gasteiger partial charge in [-0.05, 0) is 29.5 Å². The standard InChI is InChI=1S/C29H28N2O4S/c32-25-23(26-31(25)24(27(33)34)28(36-26)16-18-35-19-17-28)30-29(20-10-4-1-5-11-20,21-12-6-2-7-13-21)22-14-8-3-9-15-22/h1-15,23-24,26,30H,16-19H2,(H,33,34)/t23?,24?,26-/m0/s1. The number of carboxylic acids is 1. The largest absolute Gasteiger partial charge is 0.480 e. The number of rotatable bonds is 6. The molecular weight excluding hydrogens is 472 g/mol. The highest BCUT2D eigenvalue weighted by Crippen LogP contribution is 2.56. The predicted octanol–water partition coefficient (Wildman–Crippen LogP) is 3.85. The molecule has 3 atom stereocenters. The van der Waals surface area contributed by atoms with Gasteiger partial charge in [-0.2, -0.15) is 0 Å². The molecule has 2 unspecified atom stereocenters. The first-order chi connectivity index (χ1) is 17.6. The minimum Gasteiger partial charge on any atom is -0.480 e. The van der Waals surface area contributed by atoms with Gasteiger partial charge in [-0.3, -0.25) is 10.1 Å². The Morgan fingerprint density at radius 3 is 1.81 bits per heavy atom. The van der Waals surface area contributed by atoms with Gasteiger partial charge in [0.1, 0.15) is 17.5 Å². The second-order valence-electron chi connectivity index (χ2n) is 9.64. The molecule has 184 valence electrons. The van der Waals surface area contributed by atoms with Gasteiger partial charge in [0, 0.05) is 13.2 Å². The van der Waals surface area contributed by atoms with E-state index in [2.05, 4.69) is 41.7 Å². The van der Waals surface area contributed by atoms with Crippen LogP contribution in [0.4, 0.5) is 0 Å². The van der Waals surface area contributed by atoms with Crippen molar-refractivity contribution in [2.45, 2.75) is 40.6 Å². The second kappa shape index (κ2) is 9.07. The lowest BCUT2D eigenvalue weighted by molar-refractivity contribution is -0.162. The number of carbonyl (C=O) groups is 2. The zero-order valence-electron chi connectivity index (χ0n) is 19.7. The molecule has 0 saturated carbocycles. The number of aliphatic carboxylic acids is 1. The number of benzene rings is 3. The molecule has 0 aliphatic carbocycles. The van der Waals surface area contributed by atoms with Crippen molar-refractivity contribution >= 4 is 23.6 Å². The first kappa shape index (κ1) is 23.3. The van der Waals surface area contributed by atoms with Gasteiger partial charge in [-0.1, -0.05) is 91.0 Å². The highest BCUT2D eigenvalue weighted by Gasteiger charge is 2.67. The average molecular weight is 501 g/mol. The molecule has 1 amide bonds. The molecule has 3 aromatic rings. The normalized spacial score (nSPS) is 24.8. The highest BCUT2D eigenvalue weighted by atomic mass is 32.2. The number of hydrogen-bond donors (Lipinski definition) is 2. The number of ether oxygens (including phenoxy) is 1. The monoisotopic (exact) mass is 500 g/mol. The summed E-state index contributed by atoms with van der Waals surface area (Å²) in [5.41, 5.74) is 2.27. The predicted molar refractivity (Wildman–Crippen MR) is 139 cm³/mol. The number of fused-ring (bicyclic) bond motifs is 1. The van der Waals surface area contributed by atoms with E-state index < -0.39 is 28.3 Å². The summed E-state index contributed by atoms with van der Waals surface area (Å²) in [4.78, 5) is 27.7. The molecule has 3 fully saturated rings. The van der Waals surface area contributed by atoms with Gasteiger partial charge in [-0.15, -0.1) is 11.8 Å². The molecule has 3 aliphatic heterocycles. The Hall–Kier alpha value is -3.13. The molecular formula is C29H28N2O4S. The van der Waals surface area contributed by atoms with E-state index in [4.69, 9.17) is 4.74 Å². The third-order valence-corrected chi connectivity index (χ3v) is 9.62. The lowest BCUT2D eigenvalue weighted by Crippen LogP contribution is -2.73. The van der Waals surface area contributed by atoms with Crippen LogP contribution in [0.5, 0.6) is 0 Å². The maximum Gasteiger partial charge on any atom is 0.327 e. The Kier molecular flexibility index (Phi) is 5.86. The number of nitrogens with one attached hydrogen (secondary N) is 1. The van der Waals surface area contributed by atoms with Crippen LogP contribution in [0.15, 0.2) is 91.0 Å². The Labute approximate surface area is 214 Å². The number of carboxylic acid groups (broad SMARTS) is 1. The van der Waals surface area contributed by atoms with Crippen LogP contribution in [0.3, 0.4) is 0 Å². The molecule has 6 rings (SSSR count). The number of β-lactam (4-membered cyclic amide) rings is 1. The number of amides is 1. The van der Waals surface area contributed by atoms with Crippen LogP contribution in [-0.2, 0) is 19.9 Å². The fourth-order valence-corrected chi connectivity index (χ4v) is 7.96. The van der Waals surface area contributed by atoms with Crippen molar-refractivity contribution < 1.29 is 19.4 Å². The second-order valence-corrected chi connectivity index (χ2v) is 11.2. The fraction of sp³-hybridized carbons (Fsp3) is 0.310. The van der Waals surface area contributed by atoms with Gasteiger partial charge < -0.3 is 14.7 Å². The molecule has 36 heavy (non-hydrogen) atoms. The SMILES string of the molecule is O=C(O)C1N2C(=O)C(NC(c3ccccc3)(c3ccccc3)c3ccccc3)[C@@H]2SC12CCOCC2. The highest BCUT2D eigenvalue weighted by molar-refractivity contribution is 8.01. The van der Waals surface area contributed by atoms with E-state index in [1.165, 1.54) is 0 Å². The summed E-state index contributed by atoms with van der Waals surface area (Å²) in [6.07, 6.45) is 1.26. The van der Waals surface area contributed by atoms with Crippen LogP contribution in [0.1, 0.15) is 29.5 Å². The summed E-state index contributed by atoms with van der Waals surface area (Å²) in [6.45, 7) is 1.04. The van der Waals surface area contributed by atoms with Gasteiger partial charge in [0.25, 0.3) is 0 Å². The molecule has 7 heteroatoms. The minimum atomic E-state index is -0.931. The Balaban J connectivity index is 1.46. The third kappa shape index (κ3) is 3.49. The molecule has 3 aliphatic rings. The van der Waals surface area contributed by atoms with E-state index in [0.29, 0.717) is 26.1 Å². The summed E-state index contributed by atoms with van der Waals surface area (Å²) in [6, 6.07) is 29.1. The van der Waals surface area contributed by atoms with E-state index in [0.717, 1.165) is 16.7 Å². The molecule has 3 heterocycles. The van der Waals surface area contributed by atoms with Crippen LogP contribution in [0.25, 0.3) is 0 Å². The summed E-state index contributed by atoms with van der Waals surface area (Å²) < 4.78 is 5.04. The molecule has 3 aromatic carbocycles. The van der Waals surface area contributed by atoms with E-state index in [1.807, 2.05) is 54.6 Å². The molecule has 0 bridgehead atoms. The number of hydrogen-bond acceptors (Lipinski definition) is 5. The number of carbonyl (C=O) groups excluding carboxylic acids is 1. The summed E-state index contributed by atoms with van der Waals surface area (Å²) in [7, 11) is 0. The fourth-order valence-electron chi connectivity index (χ4n) is 6.08. The van der Waals surface area contributed by atoms with Crippen molar-refractivity contribution in [1.82, 2.24) is 10.2 Å². The third-order valence-electron chi connectivity index (χ3n) is 7.78. The van der Waals surface area contributed by atoms with Gasteiger partial charge >= 0.3 is 5.97 Å². The molecule has 3 saturated heterocycles. The van der Waals surface area contributed by atoms with Crippen molar-refractivity contribution in [1.29, 1.82) is 0 Å². The van der Waals surface area contributed by atoms with Crippen molar-refractivity contribution in [2.24, 2.45) is 0 Å². The zero-order chi connectivity index (χ0) is 24.8. The van der Waals surface area contributed by atoms with Gasteiger partial charge in [-0.25, -0.2) is 4.79 Å². The van der Waals surface area contributed by atoms with Crippen LogP contribution in [-0.4, -0.2) is 57.3 Å². The van der Waals surface area contributed by atoms with E-state index in [1.54, 1.807) is 16.7 Å². The van der Waals surface area contributed by atoms with E-state index in [-0.39, 0.29) is 11.3 Å². The molecule has 0 aromatic heterocycles. The molecule has 6 nitrogen and oxygen atoms in total. The lowest BCUT2D eigenvalue weighted by atomic mass is 9.75. The van der Waals surface area contributed by atoms with Crippen LogP contribution < -0.4 is 5.32 Å². The topological polar surface area (TPSA) is 78.9 Å². The number of thioether (sulfide) groups is 1. The van der Waals surface area contributed by atoms with Crippen molar-refractivity contribution in [2.75, 3.05) is 13.2 Å². The van der Waals surface area contributed by atoms with E-state index in [9.17, 15) is 14.7 Å². The maximum atomic E-state index is 13.7. The molecule has 2 N–H and O–H groups in total. The summed E-state index contributed by atoms with van der Waals surface area (Å²) in [5.74, 6) is -1.09. The lowest BCUT2D eigenvalue weighted by Gasteiger charge is -2.49. The zero-order valence-corrected chi connectivity index (χ0v) is 20.6. The van der Waals surface area contributed by atoms with Crippen molar-refractivity contribution in [3.63, 3.8) is 0 Å². The number of nitrogens with zero attached hydrogens (tertiary/aromatic N) is 1. The van der Waals surface area contributed by atoms with Crippen molar-refractivity contribution in [3.8, 4) is 0 Å². The smallest absolute Gasteiger partial charge is 0.327 e. The maximum absolute atomic E-state index is 13.7. The van der Waals surface area contributed by atoms with Gasteiger partial charge in [0.05, 0.1) is 10.3 Å². The van der Waals surface area contributed by atoms with E-state index >= 15 is 0 Å². The Morgan fingerprint density at radius 2 is 1.36 bits per heavy atom. The minimum absolute atomic E-state index is 0.157. The first-order valence-corrected chi connectivity index (χ1v) is 13.2. The Morgan fingerprint density at radius 1 is 0.889 bits per heavy atom. The Bertz CT molecular complexity index is 1150. The summed E-state index contributed by atoms with van der Waals surface area (Å²) >= 11 is 1.64. The van der Waals surface area contributed by atoms with Crippen LogP contribution >= 0.6 is 11.8 Å².